The smallest absolute Gasteiger partial charge is 0.407 e. The van der Waals surface area contributed by atoms with Gasteiger partial charge in [-0.3, -0.25) is 0 Å². The molecule has 3 nitrogen and oxygen atoms in total. The molecule has 0 aliphatic carbocycles. The van der Waals surface area contributed by atoms with Gasteiger partial charge in [0.2, 0.25) is 0 Å². The lowest BCUT2D eigenvalue weighted by molar-refractivity contribution is 0.177. The van der Waals surface area contributed by atoms with E-state index < -0.39 is 0 Å². The Morgan fingerprint density at radius 3 is 2.90 bits per heavy atom. The maximum atomic E-state index is 10.5. The van der Waals surface area contributed by atoms with Gasteiger partial charge in [0.15, 0.2) is 0 Å². The van der Waals surface area contributed by atoms with Crippen molar-refractivity contribution in [1.82, 2.24) is 5.32 Å². The molecule has 1 aliphatic heterocycles. The van der Waals surface area contributed by atoms with Crippen LogP contribution in [0.2, 0.25) is 0 Å². The number of carbonyl (C=O) groups excluding carboxylic acids is 1. The van der Waals surface area contributed by atoms with Crippen LogP contribution in [0.5, 0.6) is 0 Å². The lowest BCUT2D eigenvalue weighted by Crippen LogP contribution is -2.23. The molecular weight excluding hydrogens is 130 g/mol. The fourth-order valence-electron chi connectivity index (χ4n) is 0.892. The quantitative estimate of drug-likeness (QED) is 0.554. The molecule has 0 bridgehead atoms. The van der Waals surface area contributed by atoms with E-state index in [1.54, 1.807) is 0 Å². The molecule has 1 saturated heterocycles. The highest BCUT2D eigenvalue weighted by atomic mass is 16.6. The Labute approximate surface area is 60.1 Å². The number of ether oxygens (including phenoxy) is 1. The fraction of sp³-hybridized carbons (Fsp3) is 0.571. The second kappa shape index (κ2) is 2.73. The van der Waals surface area contributed by atoms with Crippen LogP contribution < -0.4 is 5.32 Å². The predicted octanol–water partition coefficient (Wildman–Crippen LogP) is 1.06. The number of amides is 1. The van der Waals surface area contributed by atoms with E-state index in [1.165, 1.54) is 5.57 Å². The van der Waals surface area contributed by atoms with Crippen molar-refractivity contribution in [2.24, 2.45) is 0 Å². The standard InChI is InChI=1S/C7H11NO2/c1-5(2)3-6-4-10-7(9)8-6/h3,6H,4H2,1-2H3,(H,8,9). The number of hydrogen-bond donors (Lipinski definition) is 1. The molecule has 1 fully saturated rings. The Balaban J connectivity index is 2.46. The number of nitrogens with one attached hydrogen (secondary N) is 1. The second-order valence-electron chi connectivity index (χ2n) is 2.59. The number of cyclic esters (lactones) is 1. The molecule has 56 valence electrons. The van der Waals surface area contributed by atoms with Gasteiger partial charge in [-0.05, 0) is 13.8 Å². The Hall–Kier alpha value is -0.990. The van der Waals surface area contributed by atoms with Gasteiger partial charge in [0.1, 0.15) is 6.61 Å². The zero-order valence-electron chi connectivity index (χ0n) is 6.18. The normalized spacial score (nSPS) is 23.4. The van der Waals surface area contributed by atoms with E-state index >= 15 is 0 Å². The Morgan fingerprint density at radius 2 is 2.50 bits per heavy atom. The van der Waals surface area contributed by atoms with Crippen molar-refractivity contribution in [2.45, 2.75) is 19.9 Å². The molecule has 10 heavy (non-hydrogen) atoms. The first-order valence-corrected chi connectivity index (χ1v) is 3.27. The lowest BCUT2D eigenvalue weighted by Gasteiger charge is -1.98. The molecule has 1 heterocycles. The molecule has 0 radical (unpaired) electrons. The largest absolute Gasteiger partial charge is 0.447 e. The van der Waals surface area contributed by atoms with Crippen LogP contribution in [-0.4, -0.2) is 18.7 Å². The van der Waals surface area contributed by atoms with Crippen molar-refractivity contribution in [3.8, 4) is 0 Å². The van der Waals surface area contributed by atoms with Crippen LogP contribution in [0.3, 0.4) is 0 Å². The maximum absolute atomic E-state index is 10.5. The third-order valence-corrected chi connectivity index (χ3v) is 1.23. The molecule has 0 aromatic rings. The van der Waals surface area contributed by atoms with Crippen LogP contribution in [0.25, 0.3) is 0 Å². The van der Waals surface area contributed by atoms with Crippen molar-refractivity contribution in [1.29, 1.82) is 0 Å². The van der Waals surface area contributed by atoms with Gasteiger partial charge in [0, 0.05) is 0 Å². The van der Waals surface area contributed by atoms with Crippen LogP contribution in [0, 0.1) is 0 Å². The van der Waals surface area contributed by atoms with Crippen molar-refractivity contribution in [3.05, 3.63) is 11.6 Å². The van der Waals surface area contributed by atoms with E-state index in [-0.39, 0.29) is 12.1 Å². The first kappa shape index (κ1) is 7.12. The maximum Gasteiger partial charge on any atom is 0.407 e. The van der Waals surface area contributed by atoms with Crippen LogP contribution in [0.1, 0.15) is 13.8 Å². The van der Waals surface area contributed by atoms with E-state index in [1.807, 2.05) is 19.9 Å². The van der Waals surface area contributed by atoms with Crippen molar-refractivity contribution >= 4 is 6.09 Å². The fourth-order valence-corrected chi connectivity index (χ4v) is 0.892. The minimum absolute atomic E-state index is 0.0810. The molecule has 1 atom stereocenters. The van der Waals surface area contributed by atoms with Crippen molar-refractivity contribution < 1.29 is 9.53 Å². The molecule has 1 unspecified atom stereocenters. The van der Waals surface area contributed by atoms with Crippen LogP contribution >= 0.6 is 0 Å². The zero-order chi connectivity index (χ0) is 7.56. The van der Waals surface area contributed by atoms with Gasteiger partial charge in [0.05, 0.1) is 6.04 Å². The monoisotopic (exact) mass is 141 g/mol. The summed E-state index contributed by atoms with van der Waals surface area (Å²) in [5, 5.41) is 2.65. The highest BCUT2D eigenvalue weighted by Gasteiger charge is 2.18. The molecule has 3 heteroatoms. The second-order valence-corrected chi connectivity index (χ2v) is 2.59. The molecule has 0 aromatic carbocycles. The summed E-state index contributed by atoms with van der Waals surface area (Å²) in [7, 11) is 0. The summed E-state index contributed by atoms with van der Waals surface area (Å²) < 4.78 is 4.67. The van der Waals surface area contributed by atoms with E-state index in [4.69, 9.17) is 0 Å². The summed E-state index contributed by atoms with van der Waals surface area (Å²) in [5.41, 5.74) is 1.19. The zero-order valence-corrected chi connectivity index (χ0v) is 6.18. The Morgan fingerprint density at radius 1 is 1.80 bits per heavy atom. The summed E-state index contributed by atoms with van der Waals surface area (Å²) in [5.74, 6) is 0. The molecule has 1 amide bonds. The summed E-state index contributed by atoms with van der Waals surface area (Å²) in [4.78, 5) is 10.5. The first-order valence-electron chi connectivity index (χ1n) is 3.27. The van der Waals surface area contributed by atoms with Crippen LogP contribution in [-0.2, 0) is 4.74 Å². The number of rotatable bonds is 1. The van der Waals surface area contributed by atoms with Crippen molar-refractivity contribution in [3.63, 3.8) is 0 Å². The average Bonchev–Trinajstić information content (AvgIpc) is 2.13. The topological polar surface area (TPSA) is 38.3 Å². The van der Waals surface area contributed by atoms with Crippen LogP contribution in [0.4, 0.5) is 4.79 Å². The van der Waals surface area contributed by atoms with Gasteiger partial charge in [-0.1, -0.05) is 11.6 Å². The minimum atomic E-state index is -0.317. The van der Waals surface area contributed by atoms with E-state index in [0.717, 1.165) is 0 Å². The molecule has 1 rings (SSSR count). The van der Waals surface area contributed by atoms with Crippen LogP contribution in [0.15, 0.2) is 11.6 Å². The van der Waals surface area contributed by atoms with E-state index in [9.17, 15) is 4.79 Å². The number of hydrogen-bond acceptors (Lipinski definition) is 2. The lowest BCUT2D eigenvalue weighted by atomic mass is 10.2. The van der Waals surface area contributed by atoms with E-state index in [0.29, 0.717) is 6.61 Å². The van der Waals surface area contributed by atoms with Gasteiger partial charge in [-0.15, -0.1) is 0 Å². The molecule has 0 aromatic heterocycles. The Bertz CT molecular complexity index is 170. The summed E-state index contributed by atoms with van der Waals surface area (Å²) in [6, 6.07) is 0.0810. The molecular formula is C7H11NO2. The minimum Gasteiger partial charge on any atom is -0.447 e. The molecule has 1 aliphatic rings. The number of alkyl carbamates (subject to hydrolysis) is 1. The van der Waals surface area contributed by atoms with Gasteiger partial charge in [0.25, 0.3) is 0 Å². The summed E-state index contributed by atoms with van der Waals surface area (Å²) in [6.07, 6.45) is 1.66. The van der Waals surface area contributed by atoms with Crippen molar-refractivity contribution in [2.75, 3.05) is 6.61 Å². The first-order chi connectivity index (χ1) is 4.68. The third-order valence-electron chi connectivity index (χ3n) is 1.23. The highest BCUT2D eigenvalue weighted by Crippen LogP contribution is 2.01. The SMILES string of the molecule is CC(C)=CC1COC(=O)N1. The Kier molecular flexibility index (Phi) is 1.94. The molecule has 1 N–H and O–H groups in total. The predicted molar refractivity (Wildman–Crippen MR) is 37.7 cm³/mol. The molecule has 0 saturated carbocycles. The van der Waals surface area contributed by atoms with Gasteiger partial charge < -0.3 is 10.1 Å². The molecule has 0 spiro atoms. The average molecular weight is 141 g/mol. The van der Waals surface area contributed by atoms with Gasteiger partial charge >= 0.3 is 6.09 Å². The highest BCUT2D eigenvalue weighted by molar-refractivity contribution is 5.70. The third kappa shape index (κ3) is 1.76. The van der Waals surface area contributed by atoms with Gasteiger partial charge in [-0.2, -0.15) is 0 Å². The number of carbonyl (C=O) groups is 1. The van der Waals surface area contributed by atoms with E-state index in [2.05, 4.69) is 10.1 Å². The van der Waals surface area contributed by atoms with Gasteiger partial charge in [-0.25, -0.2) is 4.79 Å². The summed E-state index contributed by atoms with van der Waals surface area (Å²) in [6.45, 7) is 4.44. The summed E-state index contributed by atoms with van der Waals surface area (Å²) >= 11 is 0. The number of allylic oxidation sites excluding steroid dienone is 1.